The van der Waals surface area contributed by atoms with E-state index in [1.54, 1.807) is 12.1 Å². The summed E-state index contributed by atoms with van der Waals surface area (Å²) >= 11 is 5.65. The zero-order valence-electron chi connectivity index (χ0n) is 8.64. The van der Waals surface area contributed by atoms with Crippen molar-refractivity contribution in [1.29, 1.82) is 0 Å². The largest absolute Gasteiger partial charge is 0.380 e. The molecule has 1 aromatic rings. The minimum Gasteiger partial charge on any atom is -0.380 e. The number of nitrogens with one attached hydrogen (secondary N) is 1. The molecule has 3 heteroatoms. The highest BCUT2D eigenvalue weighted by molar-refractivity contribution is 6.30. The zero-order valence-corrected chi connectivity index (χ0v) is 9.40. The molecule has 1 N–H and O–H groups in total. The van der Waals surface area contributed by atoms with Crippen molar-refractivity contribution in [3.05, 3.63) is 29.0 Å². The van der Waals surface area contributed by atoms with Gasteiger partial charge in [0.25, 0.3) is 0 Å². The quantitative estimate of drug-likeness (QED) is 0.806. The SMILES string of the molecule is CC(C)C(C)Nc1ccc(Cl)cc1F. The Morgan fingerprint density at radius 3 is 2.43 bits per heavy atom. The van der Waals surface area contributed by atoms with Crippen molar-refractivity contribution in [3.8, 4) is 0 Å². The van der Waals surface area contributed by atoms with Crippen LogP contribution in [0.2, 0.25) is 5.02 Å². The summed E-state index contributed by atoms with van der Waals surface area (Å²) in [7, 11) is 0. The van der Waals surface area contributed by atoms with E-state index in [1.165, 1.54) is 6.07 Å². The van der Waals surface area contributed by atoms with Gasteiger partial charge in [-0.15, -0.1) is 0 Å². The molecule has 1 nitrogen and oxygen atoms in total. The Balaban J connectivity index is 2.77. The Labute approximate surface area is 89.3 Å². The Morgan fingerprint density at radius 1 is 1.29 bits per heavy atom. The number of anilines is 1. The molecule has 0 radical (unpaired) electrons. The average molecular weight is 216 g/mol. The van der Waals surface area contributed by atoms with Gasteiger partial charge in [0.1, 0.15) is 5.82 Å². The van der Waals surface area contributed by atoms with Crippen LogP contribution in [0.3, 0.4) is 0 Å². The second-order valence-corrected chi connectivity index (χ2v) is 4.24. The van der Waals surface area contributed by atoms with Gasteiger partial charge in [0.05, 0.1) is 5.69 Å². The van der Waals surface area contributed by atoms with E-state index < -0.39 is 0 Å². The molecule has 0 amide bonds. The first kappa shape index (κ1) is 11.3. The van der Waals surface area contributed by atoms with Gasteiger partial charge in [-0.25, -0.2) is 4.39 Å². The van der Waals surface area contributed by atoms with Gasteiger partial charge in [-0.1, -0.05) is 25.4 Å². The van der Waals surface area contributed by atoms with Crippen molar-refractivity contribution in [2.24, 2.45) is 5.92 Å². The van der Waals surface area contributed by atoms with Crippen LogP contribution in [0, 0.1) is 11.7 Å². The predicted molar refractivity (Wildman–Crippen MR) is 59.3 cm³/mol. The summed E-state index contributed by atoms with van der Waals surface area (Å²) in [6.45, 7) is 6.20. The molecule has 0 heterocycles. The van der Waals surface area contributed by atoms with E-state index in [2.05, 4.69) is 19.2 Å². The Kier molecular flexibility index (Phi) is 3.76. The van der Waals surface area contributed by atoms with Crippen molar-refractivity contribution in [1.82, 2.24) is 0 Å². The maximum Gasteiger partial charge on any atom is 0.147 e. The molecule has 78 valence electrons. The fraction of sp³-hybridized carbons (Fsp3) is 0.455. The molecule has 1 aromatic carbocycles. The number of rotatable bonds is 3. The second kappa shape index (κ2) is 4.65. The lowest BCUT2D eigenvalue weighted by Gasteiger charge is -2.19. The summed E-state index contributed by atoms with van der Waals surface area (Å²) in [5.74, 6) is 0.162. The van der Waals surface area contributed by atoms with Gasteiger partial charge in [-0.05, 0) is 31.0 Å². The number of halogens is 2. The van der Waals surface area contributed by atoms with Gasteiger partial charge in [-0.3, -0.25) is 0 Å². The summed E-state index contributed by atoms with van der Waals surface area (Å²) in [5, 5.41) is 3.52. The minimum atomic E-state index is -0.301. The van der Waals surface area contributed by atoms with Crippen LogP contribution in [0.25, 0.3) is 0 Å². The van der Waals surface area contributed by atoms with Crippen LogP contribution in [0.15, 0.2) is 18.2 Å². The normalized spacial score (nSPS) is 13.0. The Morgan fingerprint density at radius 2 is 1.93 bits per heavy atom. The summed E-state index contributed by atoms with van der Waals surface area (Å²) in [4.78, 5) is 0. The molecule has 0 saturated heterocycles. The molecular formula is C11H15ClFN. The molecule has 1 atom stereocenters. The zero-order chi connectivity index (χ0) is 10.7. The van der Waals surface area contributed by atoms with Gasteiger partial charge < -0.3 is 5.32 Å². The lowest BCUT2D eigenvalue weighted by atomic mass is 10.1. The number of hydrogen-bond donors (Lipinski definition) is 1. The lowest BCUT2D eigenvalue weighted by molar-refractivity contribution is 0.552. The van der Waals surface area contributed by atoms with E-state index >= 15 is 0 Å². The van der Waals surface area contributed by atoms with Crippen LogP contribution in [0.5, 0.6) is 0 Å². The predicted octanol–water partition coefficient (Wildman–Crippen LogP) is 3.94. The summed E-state index contributed by atoms with van der Waals surface area (Å²) in [5.41, 5.74) is 0.510. The maximum atomic E-state index is 13.3. The fourth-order valence-corrected chi connectivity index (χ4v) is 1.18. The minimum absolute atomic E-state index is 0.241. The van der Waals surface area contributed by atoms with Crippen LogP contribution in [0.1, 0.15) is 20.8 Å². The van der Waals surface area contributed by atoms with Gasteiger partial charge in [0.15, 0.2) is 0 Å². The number of benzene rings is 1. The first-order chi connectivity index (χ1) is 6.50. The molecule has 0 aliphatic heterocycles. The highest BCUT2D eigenvalue weighted by atomic mass is 35.5. The highest BCUT2D eigenvalue weighted by Crippen LogP contribution is 2.20. The Hall–Kier alpha value is -0.760. The first-order valence-corrected chi connectivity index (χ1v) is 5.10. The number of hydrogen-bond acceptors (Lipinski definition) is 1. The smallest absolute Gasteiger partial charge is 0.147 e. The van der Waals surface area contributed by atoms with Gasteiger partial charge in [-0.2, -0.15) is 0 Å². The van der Waals surface area contributed by atoms with Crippen molar-refractivity contribution < 1.29 is 4.39 Å². The van der Waals surface area contributed by atoms with E-state index in [0.717, 1.165) is 0 Å². The van der Waals surface area contributed by atoms with Gasteiger partial charge in [0, 0.05) is 11.1 Å². The van der Waals surface area contributed by atoms with Crippen molar-refractivity contribution >= 4 is 17.3 Å². The highest BCUT2D eigenvalue weighted by Gasteiger charge is 2.09. The molecule has 0 fully saturated rings. The Bertz CT molecular complexity index is 312. The third-order valence-corrected chi connectivity index (χ3v) is 2.55. The monoisotopic (exact) mass is 215 g/mol. The topological polar surface area (TPSA) is 12.0 Å². The molecule has 0 aliphatic carbocycles. The van der Waals surface area contributed by atoms with Crippen molar-refractivity contribution in [2.75, 3.05) is 5.32 Å². The molecule has 0 saturated carbocycles. The van der Waals surface area contributed by atoms with E-state index in [9.17, 15) is 4.39 Å². The standard InChI is InChI=1S/C11H15ClFN/c1-7(2)8(3)14-11-5-4-9(12)6-10(11)13/h4-8,14H,1-3H3. The van der Waals surface area contributed by atoms with Gasteiger partial charge in [0.2, 0.25) is 0 Å². The molecular weight excluding hydrogens is 201 g/mol. The van der Waals surface area contributed by atoms with E-state index in [0.29, 0.717) is 16.6 Å². The van der Waals surface area contributed by atoms with Gasteiger partial charge >= 0.3 is 0 Å². The van der Waals surface area contributed by atoms with Crippen LogP contribution in [-0.4, -0.2) is 6.04 Å². The van der Waals surface area contributed by atoms with E-state index in [4.69, 9.17) is 11.6 Å². The molecule has 0 aromatic heterocycles. The third kappa shape index (κ3) is 2.88. The lowest BCUT2D eigenvalue weighted by Crippen LogP contribution is -2.22. The molecule has 1 rings (SSSR count). The van der Waals surface area contributed by atoms with Crippen LogP contribution in [-0.2, 0) is 0 Å². The molecule has 0 spiro atoms. The van der Waals surface area contributed by atoms with Crippen molar-refractivity contribution in [2.45, 2.75) is 26.8 Å². The molecule has 0 aliphatic rings. The van der Waals surface area contributed by atoms with Crippen molar-refractivity contribution in [3.63, 3.8) is 0 Å². The first-order valence-electron chi connectivity index (χ1n) is 4.72. The van der Waals surface area contributed by atoms with E-state index in [-0.39, 0.29) is 11.9 Å². The fourth-order valence-electron chi connectivity index (χ4n) is 1.02. The van der Waals surface area contributed by atoms with Crippen LogP contribution < -0.4 is 5.32 Å². The second-order valence-electron chi connectivity index (χ2n) is 3.80. The maximum absolute atomic E-state index is 13.3. The molecule has 14 heavy (non-hydrogen) atoms. The summed E-state index contributed by atoms with van der Waals surface area (Å²) in [6.07, 6.45) is 0. The van der Waals surface area contributed by atoms with Crippen LogP contribution >= 0.6 is 11.6 Å². The summed E-state index contributed by atoms with van der Waals surface area (Å²) in [6, 6.07) is 4.90. The summed E-state index contributed by atoms with van der Waals surface area (Å²) < 4.78 is 13.3. The third-order valence-electron chi connectivity index (χ3n) is 2.31. The average Bonchev–Trinajstić information content (AvgIpc) is 2.09. The van der Waals surface area contributed by atoms with Crippen LogP contribution in [0.4, 0.5) is 10.1 Å². The van der Waals surface area contributed by atoms with E-state index in [1.807, 2.05) is 6.92 Å². The molecule has 0 bridgehead atoms. The molecule has 1 unspecified atom stereocenters.